The van der Waals surface area contributed by atoms with Gasteiger partial charge in [0.2, 0.25) is 11.8 Å². The number of likely N-dealkylation sites (N-methyl/N-ethyl adjacent to an activating group) is 2. The number of nitrogens with one attached hydrogen (secondary N) is 1. The summed E-state index contributed by atoms with van der Waals surface area (Å²) in [5.74, 6) is -0.444. The van der Waals surface area contributed by atoms with Crippen LogP contribution in [0.5, 0.6) is 0 Å². The van der Waals surface area contributed by atoms with Crippen LogP contribution >= 0.6 is 0 Å². The molecule has 0 aromatic carbocycles. The molecule has 19 heavy (non-hydrogen) atoms. The van der Waals surface area contributed by atoms with Gasteiger partial charge in [0.1, 0.15) is 6.54 Å². The zero-order chi connectivity index (χ0) is 14.3. The molecule has 6 nitrogen and oxygen atoms in total. The van der Waals surface area contributed by atoms with Crippen LogP contribution in [0.15, 0.2) is 29.2 Å². The van der Waals surface area contributed by atoms with Gasteiger partial charge in [-0.1, -0.05) is 6.07 Å². The van der Waals surface area contributed by atoms with Gasteiger partial charge in [0.05, 0.1) is 6.54 Å². The zero-order valence-corrected chi connectivity index (χ0v) is 11.3. The summed E-state index contributed by atoms with van der Waals surface area (Å²) >= 11 is 0. The first kappa shape index (κ1) is 14.9. The average molecular weight is 265 g/mol. The summed E-state index contributed by atoms with van der Waals surface area (Å²) in [5, 5.41) is 2.64. The van der Waals surface area contributed by atoms with Crippen molar-refractivity contribution in [3.05, 3.63) is 34.7 Å². The van der Waals surface area contributed by atoms with Crippen molar-refractivity contribution < 1.29 is 9.59 Å². The van der Waals surface area contributed by atoms with Gasteiger partial charge >= 0.3 is 0 Å². The fourth-order valence-electron chi connectivity index (χ4n) is 1.64. The summed E-state index contributed by atoms with van der Waals surface area (Å²) in [6.45, 7) is 4.54. The molecule has 0 aliphatic carbocycles. The van der Waals surface area contributed by atoms with E-state index in [1.807, 2.05) is 6.92 Å². The Kier molecular flexibility index (Phi) is 5.78. The third-order valence-electron chi connectivity index (χ3n) is 2.65. The molecule has 2 amide bonds. The lowest BCUT2D eigenvalue weighted by Gasteiger charge is -2.20. The van der Waals surface area contributed by atoms with E-state index >= 15 is 0 Å². The van der Waals surface area contributed by atoms with E-state index in [-0.39, 0.29) is 30.5 Å². The zero-order valence-electron chi connectivity index (χ0n) is 11.3. The maximum atomic E-state index is 12.0. The predicted molar refractivity (Wildman–Crippen MR) is 71.6 cm³/mol. The average Bonchev–Trinajstić information content (AvgIpc) is 2.39. The van der Waals surface area contributed by atoms with Crippen molar-refractivity contribution in [3.8, 4) is 0 Å². The SMILES string of the molecule is CCNC(=O)CN(CC)C(=O)Cn1ccccc1=O. The van der Waals surface area contributed by atoms with Crippen LogP contribution in [-0.2, 0) is 16.1 Å². The first-order valence-corrected chi connectivity index (χ1v) is 6.28. The molecule has 0 aliphatic rings. The molecule has 0 saturated heterocycles. The van der Waals surface area contributed by atoms with Crippen LogP contribution in [0, 0.1) is 0 Å². The largest absolute Gasteiger partial charge is 0.355 e. The van der Waals surface area contributed by atoms with E-state index in [2.05, 4.69) is 5.32 Å². The molecular formula is C13H19N3O3. The molecule has 104 valence electrons. The van der Waals surface area contributed by atoms with Gasteiger partial charge < -0.3 is 14.8 Å². The summed E-state index contributed by atoms with van der Waals surface area (Å²) in [4.78, 5) is 36.4. The van der Waals surface area contributed by atoms with E-state index in [4.69, 9.17) is 0 Å². The van der Waals surface area contributed by atoms with Gasteiger partial charge in [-0.05, 0) is 19.9 Å². The number of rotatable bonds is 6. The van der Waals surface area contributed by atoms with Crippen LogP contribution in [-0.4, -0.2) is 40.9 Å². The summed E-state index contributed by atoms with van der Waals surface area (Å²) in [7, 11) is 0. The molecule has 1 N–H and O–H groups in total. The minimum absolute atomic E-state index is 0.0186. The number of aromatic nitrogens is 1. The standard InChI is InChI=1S/C13H19N3O3/c1-3-14-11(17)9-15(4-2)13(19)10-16-8-6-5-7-12(16)18/h5-8H,3-4,9-10H2,1-2H3,(H,14,17). The topological polar surface area (TPSA) is 71.4 Å². The number of carbonyl (C=O) groups is 2. The molecular weight excluding hydrogens is 246 g/mol. The normalized spacial score (nSPS) is 10.0. The lowest BCUT2D eigenvalue weighted by atomic mass is 10.4. The summed E-state index contributed by atoms with van der Waals surface area (Å²) in [5.41, 5.74) is -0.232. The molecule has 1 heterocycles. The fraction of sp³-hybridized carbons (Fsp3) is 0.462. The van der Waals surface area contributed by atoms with Crippen molar-refractivity contribution in [2.75, 3.05) is 19.6 Å². The second-order valence-electron chi connectivity index (χ2n) is 4.03. The number of hydrogen-bond acceptors (Lipinski definition) is 3. The van der Waals surface area contributed by atoms with Crippen LogP contribution in [0.4, 0.5) is 0 Å². The van der Waals surface area contributed by atoms with Crippen LogP contribution in [0.1, 0.15) is 13.8 Å². The summed E-state index contributed by atoms with van der Waals surface area (Å²) in [6.07, 6.45) is 1.56. The second-order valence-corrected chi connectivity index (χ2v) is 4.03. The lowest BCUT2D eigenvalue weighted by molar-refractivity contribution is -0.136. The molecule has 0 unspecified atom stereocenters. The van der Waals surface area contributed by atoms with E-state index in [0.29, 0.717) is 13.1 Å². The molecule has 1 aromatic heterocycles. The number of amides is 2. The number of carbonyl (C=O) groups excluding carboxylic acids is 2. The molecule has 0 radical (unpaired) electrons. The Morgan fingerprint density at radius 1 is 1.32 bits per heavy atom. The molecule has 0 saturated carbocycles. The van der Waals surface area contributed by atoms with E-state index in [0.717, 1.165) is 0 Å². The highest BCUT2D eigenvalue weighted by atomic mass is 16.2. The van der Waals surface area contributed by atoms with Gasteiger partial charge in [0.25, 0.3) is 5.56 Å². The van der Waals surface area contributed by atoms with E-state index < -0.39 is 0 Å². The third-order valence-corrected chi connectivity index (χ3v) is 2.65. The number of pyridine rings is 1. The van der Waals surface area contributed by atoms with Crippen molar-refractivity contribution in [2.24, 2.45) is 0 Å². The minimum Gasteiger partial charge on any atom is -0.355 e. The number of hydrogen-bond donors (Lipinski definition) is 1. The van der Waals surface area contributed by atoms with Crippen molar-refractivity contribution in [1.82, 2.24) is 14.8 Å². The quantitative estimate of drug-likeness (QED) is 0.776. The van der Waals surface area contributed by atoms with Gasteiger partial charge in [-0.25, -0.2) is 0 Å². The highest BCUT2D eigenvalue weighted by molar-refractivity contribution is 5.84. The molecule has 0 atom stereocenters. The number of nitrogens with zero attached hydrogens (tertiary/aromatic N) is 2. The predicted octanol–water partition coefficient (Wildman–Crippen LogP) is -0.167. The molecule has 1 aromatic rings. The van der Waals surface area contributed by atoms with Crippen LogP contribution in [0.3, 0.4) is 0 Å². The van der Waals surface area contributed by atoms with Gasteiger partial charge in [-0.15, -0.1) is 0 Å². The Bertz CT molecular complexity index is 496. The smallest absolute Gasteiger partial charge is 0.250 e. The highest BCUT2D eigenvalue weighted by Crippen LogP contribution is 1.93. The Hall–Kier alpha value is -2.11. The van der Waals surface area contributed by atoms with Gasteiger partial charge in [0, 0.05) is 25.4 Å². The van der Waals surface area contributed by atoms with Crippen LogP contribution in [0.25, 0.3) is 0 Å². The molecule has 6 heteroatoms. The molecule has 0 fully saturated rings. The molecule has 0 spiro atoms. The van der Waals surface area contributed by atoms with E-state index in [9.17, 15) is 14.4 Å². The fourth-order valence-corrected chi connectivity index (χ4v) is 1.64. The molecule has 1 rings (SSSR count). The molecule has 0 bridgehead atoms. The summed E-state index contributed by atoms with van der Waals surface area (Å²) < 4.78 is 1.32. The minimum atomic E-state index is -0.248. The third kappa shape index (κ3) is 4.57. The lowest BCUT2D eigenvalue weighted by Crippen LogP contribution is -2.42. The molecule has 0 aliphatic heterocycles. The van der Waals surface area contributed by atoms with Crippen molar-refractivity contribution in [3.63, 3.8) is 0 Å². The van der Waals surface area contributed by atoms with Crippen LogP contribution in [0.2, 0.25) is 0 Å². The van der Waals surface area contributed by atoms with Gasteiger partial charge in [-0.3, -0.25) is 14.4 Å². The first-order valence-electron chi connectivity index (χ1n) is 6.28. The van der Waals surface area contributed by atoms with Gasteiger partial charge in [0.15, 0.2) is 0 Å². The van der Waals surface area contributed by atoms with Crippen molar-refractivity contribution >= 4 is 11.8 Å². The Morgan fingerprint density at radius 2 is 2.05 bits per heavy atom. The van der Waals surface area contributed by atoms with Gasteiger partial charge in [-0.2, -0.15) is 0 Å². The first-order chi connectivity index (χ1) is 9.08. The van der Waals surface area contributed by atoms with E-state index in [1.165, 1.54) is 15.5 Å². The van der Waals surface area contributed by atoms with Crippen molar-refractivity contribution in [2.45, 2.75) is 20.4 Å². The van der Waals surface area contributed by atoms with Crippen LogP contribution < -0.4 is 10.9 Å². The summed E-state index contributed by atoms with van der Waals surface area (Å²) in [6, 6.07) is 4.71. The Labute approximate surface area is 112 Å². The Morgan fingerprint density at radius 3 is 2.63 bits per heavy atom. The second kappa shape index (κ2) is 7.35. The van der Waals surface area contributed by atoms with Crippen molar-refractivity contribution in [1.29, 1.82) is 0 Å². The maximum Gasteiger partial charge on any atom is 0.250 e. The van der Waals surface area contributed by atoms with E-state index in [1.54, 1.807) is 25.3 Å². The Balaban J connectivity index is 2.67. The highest BCUT2D eigenvalue weighted by Gasteiger charge is 2.15. The monoisotopic (exact) mass is 265 g/mol. The maximum absolute atomic E-state index is 12.0.